The standard InChI is InChI=1S/C17H17BrN2O/c1-13(15-4-2-14(12-19)3-5-15)20-10-11-21-17-8-6-16(18)7-9-17/h2-9,13,20H,10-11H2,1H3. The van der Waals surface area contributed by atoms with Gasteiger partial charge in [0.25, 0.3) is 0 Å². The van der Waals surface area contributed by atoms with Gasteiger partial charge in [-0.1, -0.05) is 28.1 Å². The van der Waals surface area contributed by atoms with Crippen molar-refractivity contribution in [3.05, 3.63) is 64.1 Å². The molecule has 0 aliphatic carbocycles. The highest BCUT2D eigenvalue weighted by Crippen LogP contribution is 2.16. The second-order valence-corrected chi connectivity index (χ2v) is 5.63. The van der Waals surface area contributed by atoms with Crippen molar-refractivity contribution in [3.63, 3.8) is 0 Å². The predicted octanol–water partition coefficient (Wildman–Crippen LogP) is 4.05. The zero-order valence-corrected chi connectivity index (χ0v) is 13.4. The van der Waals surface area contributed by atoms with E-state index in [0.29, 0.717) is 12.2 Å². The van der Waals surface area contributed by atoms with Crippen LogP contribution in [0.25, 0.3) is 0 Å². The number of hydrogen-bond donors (Lipinski definition) is 1. The van der Waals surface area contributed by atoms with Crippen molar-refractivity contribution >= 4 is 15.9 Å². The van der Waals surface area contributed by atoms with Crippen molar-refractivity contribution in [1.82, 2.24) is 5.32 Å². The number of hydrogen-bond acceptors (Lipinski definition) is 3. The summed E-state index contributed by atoms with van der Waals surface area (Å²) in [6.45, 7) is 3.47. The Bertz CT molecular complexity index is 602. The number of nitriles is 1. The first-order chi connectivity index (χ1) is 10.2. The first-order valence-corrected chi connectivity index (χ1v) is 7.60. The molecule has 21 heavy (non-hydrogen) atoms. The molecule has 0 saturated heterocycles. The van der Waals surface area contributed by atoms with Gasteiger partial charge in [0.2, 0.25) is 0 Å². The summed E-state index contributed by atoms with van der Waals surface area (Å²) in [6, 6.07) is 17.8. The van der Waals surface area contributed by atoms with E-state index < -0.39 is 0 Å². The Labute approximate surface area is 133 Å². The average Bonchev–Trinajstić information content (AvgIpc) is 2.53. The van der Waals surface area contributed by atoms with Gasteiger partial charge in [0.05, 0.1) is 11.6 Å². The van der Waals surface area contributed by atoms with Gasteiger partial charge in [0.1, 0.15) is 12.4 Å². The number of ether oxygens (including phenoxy) is 1. The monoisotopic (exact) mass is 344 g/mol. The Hall–Kier alpha value is -1.83. The van der Waals surface area contributed by atoms with Gasteiger partial charge in [-0.25, -0.2) is 0 Å². The van der Waals surface area contributed by atoms with Gasteiger partial charge in [0, 0.05) is 17.1 Å². The quantitative estimate of drug-likeness (QED) is 0.804. The van der Waals surface area contributed by atoms with Crippen LogP contribution < -0.4 is 10.1 Å². The largest absolute Gasteiger partial charge is 0.492 e. The van der Waals surface area contributed by atoms with E-state index in [1.807, 2.05) is 48.5 Å². The van der Waals surface area contributed by atoms with Crippen molar-refractivity contribution in [2.45, 2.75) is 13.0 Å². The molecule has 0 aliphatic rings. The smallest absolute Gasteiger partial charge is 0.119 e. The first-order valence-electron chi connectivity index (χ1n) is 6.81. The van der Waals surface area contributed by atoms with E-state index >= 15 is 0 Å². The molecule has 3 nitrogen and oxygen atoms in total. The lowest BCUT2D eigenvalue weighted by Crippen LogP contribution is -2.24. The molecule has 108 valence electrons. The molecule has 0 fully saturated rings. The molecule has 0 aromatic heterocycles. The molecule has 0 aliphatic heterocycles. The lowest BCUT2D eigenvalue weighted by atomic mass is 10.1. The molecule has 1 unspecified atom stereocenters. The summed E-state index contributed by atoms with van der Waals surface area (Å²) >= 11 is 3.39. The van der Waals surface area contributed by atoms with Crippen LogP contribution in [0.5, 0.6) is 5.75 Å². The van der Waals surface area contributed by atoms with E-state index in [-0.39, 0.29) is 6.04 Å². The van der Waals surface area contributed by atoms with E-state index in [9.17, 15) is 0 Å². The molecule has 0 radical (unpaired) electrons. The predicted molar refractivity (Wildman–Crippen MR) is 87.2 cm³/mol. The van der Waals surface area contributed by atoms with Gasteiger partial charge in [-0.2, -0.15) is 5.26 Å². The summed E-state index contributed by atoms with van der Waals surface area (Å²) in [6.07, 6.45) is 0. The number of halogens is 1. The minimum atomic E-state index is 0.228. The third kappa shape index (κ3) is 4.89. The van der Waals surface area contributed by atoms with Gasteiger partial charge in [-0.05, 0) is 48.9 Å². The molecule has 2 aromatic rings. The molecule has 0 saturated carbocycles. The third-order valence-corrected chi connectivity index (χ3v) is 3.70. The molecule has 2 rings (SSSR count). The van der Waals surface area contributed by atoms with Gasteiger partial charge < -0.3 is 10.1 Å². The maximum absolute atomic E-state index is 8.78. The van der Waals surface area contributed by atoms with Gasteiger partial charge in [-0.3, -0.25) is 0 Å². The Morgan fingerprint density at radius 3 is 2.43 bits per heavy atom. The second kappa shape index (κ2) is 7.82. The molecule has 4 heteroatoms. The van der Waals surface area contributed by atoms with E-state index in [2.05, 4.69) is 34.2 Å². The lowest BCUT2D eigenvalue weighted by Gasteiger charge is -2.14. The summed E-state index contributed by atoms with van der Waals surface area (Å²) in [5.41, 5.74) is 1.85. The van der Waals surface area contributed by atoms with Crippen LogP contribution in [0.2, 0.25) is 0 Å². The summed E-state index contributed by atoms with van der Waals surface area (Å²) in [4.78, 5) is 0. The first kappa shape index (κ1) is 15.6. The number of nitrogens with zero attached hydrogens (tertiary/aromatic N) is 1. The molecule has 0 amide bonds. The molecular formula is C17H17BrN2O. The van der Waals surface area contributed by atoms with E-state index in [1.165, 1.54) is 0 Å². The third-order valence-electron chi connectivity index (χ3n) is 3.17. The zero-order chi connectivity index (χ0) is 15.1. The van der Waals surface area contributed by atoms with Crippen LogP contribution in [0.4, 0.5) is 0 Å². The van der Waals surface area contributed by atoms with Crippen LogP contribution in [0.3, 0.4) is 0 Å². The lowest BCUT2D eigenvalue weighted by molar-refractivity contribution is 0.307. The highest BCUT2D eigenvalue weighted by molar-refractivity contribution is 9.10. The van der Waals surface area contributed by atoms with Crippen LogP contribution >= 0.6 is 15.9 Å². The van der Waals surface area contributed by atoms with E-state index in [4.69, 9.17) is 10.00 Å². The summed E-state index contributed by atoms with van der Waals surface area (Å²) < 4.78 is 6.70. The fourth-order valence-electron chi connectivity index (χ4n) is 1.94. The van der Waals surface area contributed by atoms with Crippen LogP contribution in [-0.2, 0) is 0 Å². The second-order valence-electron chi connectivity index (χ2n) is 4.71. The Morgan fingerprint density at radius 2 is 1.81 bits per heavy atom. The van der Waals surface area contributed by atoms with Gasteiger partial charge in [0.15, 0.2) is 0 Å². The molecule has 0 bridgehead atoms. The number of benzene rings is 2. The normalized spacial score (nSPS) is 11.7. The van der Waals surface area contributed by atoms with Crippen LogP contribution in [0, 0.1) is 11.3 Å². The average molecular weight is 345 g/mol. The van der Waals surface area contributed by atoms with Crippen LogP contribution in [0.15, 0.2) is 53.0 Å². The molecule has 1 atom stereocenters. The van der Waals surface area contributed by atoms with Crippen molar-refractivity contribution in [1.29, 1.82) is 5.26 Å². The maximum atomic E-state index is 8.78. The highest BCUT2D eigenvalue weighted by Gasteiger charge is 2.04. The molecule has 0 spiro atoms. The fourth-order valence-corrected chi connectivity index (χ4v) is 2.20. The van der Waals surface area contributed by atoms with Gasteiger partial charge >= 0.3 is 0 Å². The minimum Gasteiger partial charge on any atom is -0.492 e. The van der Waals surface area contributed by atoms with E-state index in [1.54, 1.807) is 0 Å². The van der Waals surface area contributed by atoms with E-state index in [0.717, 1.165) is 22.3 Å². The summed E-state index contributed by atoms with van der Waals surface area (Å²) in [5.74, 6) is 0.867. The topological polar surface area (TPSA) is 45.0 Å². The van der Waals surface area contributed by atoms with Crippen molar-refractivity contribution in [2.24, 2.45) is 0 Å². The zero-order valence-electron chi connectivity index (χ0n) is 11.8. The summed E-state index contributed by atoms with van der Waals surface area (Å²) in [7, 11) is 0. The van der Waals surface area contributed by atoms with Crippen molar-refractivity contribution in [3.8, 4) is 11.8 Å². The van der Waals surface area contributed by atoms with Crippen molar-refractivity contribution in [2.75, 3.05) is 13.2 Å². The number of nitrogens with one attached hydrogen (secondary N) is 1. The molecule has 1 N–H and O–H groups in total. The SMILES string of the molecule is CC(NCCOc1ccc(Br)cc1)c1ccc(C#N)cc1. The number of rotatable bonds is 6. The maximum Gasteiger partial charge on any atom is 0.119 e. The molecule has 0 heterocycles. The van der Waals surface area contributed by atoms with Crippen molar-refractivity contribution < 1.29 is 4.74 Å². The Kier molecular flexibility index (Phi) is 5.79. The molecular weight excluding hydrogens is 328 g/mol. The Morgan fingerprint density at radius 1 is 1.14 bits per heavy atom. The van der Waals surface area contributed by atoms with Gasteiger partial charge in [-0.15, -0.1) is 0 Å². The van der Waals surface area contributed by atoms with Crippen LogP contribution in [-0.4, -0.2) is 13.2 Å². The van der Waals surface area contributed by atoms with Crippen LogP contribution in [0.1, 0.15) is 24.1 Å². The minimum absolute atomic E-state index is 0.228. The fraction of sp³-hybridized carbons (Fsp3) is 0.235. The Balaban J connectivity index is 1.75. The highest BCUT2D eigenvalue weighted by atomic mass is 79.9. The molecule has 2 aromatic carbocycles. The summed E-state index contributed by atoms with van der Waals surface area (Å²) in [5, 5.41) is 12.2.